The van der Waals surface area contributed by atoms with Crippen molar-refractivity contribution in [3.63, 3.8) is 0 Å². The summed E-state index contributed by atoms with van der Waals surface area (Å²) in [6.45, 7) is 3.10. The maximum Gasteiger partial charge on any atom is 0.0640 e. The third-order valence-corrected chi connectivity index (χ3v) is 4.27. The van der Waals surface area contributed by atoms with Gasteiger partial charge in [0.2, 0.25) is 0 Å². The van der Waals surface area contributed by atoms with Gasteiger partial charge < -0.3 is 9.80 Å². The largest absolute Gasteiger partial charge is 0.370 e. The average molecular weight is 271 g/mol. The summed E-state index contributed by atoms with van der Waals surface area (Å²) in [4.78, 5) is 4.85. The van der Waals surface area contributed by atoms with Crippen molar-refractivity contribution in [2.75, 3.05) is 31.6 Å². The smallest absolute Gasteiger partial charge is 0.0640 e. The molecule has 1 aromatic carbocycles. The lowest BCUT2D eigenvalue weighted by Crippen LogP contribution is -2.39. The van der Waals surface area contributed by atoms with E-state index in [1.165, 1.54) is 37.9 Å². The highest BCUT2D eigenvalue weighted by Crippen LogP contribution is 2.20. The predicted molar refractivity (Wildman–Crippen MR) is 83.8 cm³/mol. The first-order chi connectivity index (χ1) is 9.81. The van der Waals surface area contributed by atoms with E-state index in [0.717, 1.165) is 13.1 Å². The van der Waals surface area contributed by atoms with Gasteiger partial charge in [-0.2, -0.15) is 5.26 Å². The molecule has 20 heavy (non-hydrogen) atoms. The van der Waals surface area contributed by atoms with Crippen LogP contribution in [0.3, 0.4) is 0 Å². The molecule has 1 unspecified atom stereocenters. The van der Waals surface area contributed by atoms with Gasteiger partial charge in [0.05, 0.1) is 12.5 Å². The lowest BCUT2D eigenvalue weighted by molar-refractivity contribution is 0.177. The molecule has 3 heteroatoms. The molecule has 1 atom stereocenters. The number of likely N-dealkylation sites (tertiary alicyclic amines) is 1. The molecule has 0 N–H and O–H groups in total. The van der Waals surface area contributed by atoms with Gasteiger partial charge in [0.1, 0.15) is 0 Å². The summed E-state index contributed by atoms with van der Waals surface area (Å²) in [5.41, 5.74) is 1.24. The number of nitrogens with zero attached hydrogens (tertiary/aromatic N) is 3. The first-order valence-corrected chi connectivity index (χ1v) is 7.68. The Balaban J connectivity index is 1.92. The Hall–Kier alpha value is -1.53. The van der Waals surface area contributed by atoms with Crippen molar-refractivity contribution >= 4 is 5.69 Å². The number of hydrogen-bond donors (Lipinski definition) is 0. The van der Waals surface area contributed by atoms with Gasteiger partial charge in [-0.1, -0.05) is 24.6 Å². The number of para-hydroxylation sites is 1. The van der Waals surface area contributed by atoms with E-state index in [9.17, 15) is 0 Å². The molecule has 1 fully saturated rings. The zero-order valence-corrected chi connectivity index (χ0v) is 12.5. The Bertz CT molecular complexity index is 424. The Kier molecular flexibility index (Phi) is 5.88. The molecule has 3 nitrogen and oxygen atoms in total. The molecule has 0 amide bonds. The van der Waals surface area contributed by atoms with E-state index in [1.807, 2.05) is 6.07 Å². The fourth-order valence-corrected chi connectivity index (χ4v) is 3.01. The van der Waals surface area contributed by atoms with Gasteiger partial charge >= 0.3 is 0 Å². The lowest BCUT2D eigenvalue weighted by Gasteiger charge is -2.34. The van der Waals surface area contributed by atoms with Crippen LogP contribution in [0.25, 0.3) is 0 Å². The van der Waals surface area contributed by atoms with E-state index in [1.54, 1.807) is 0 Å². The molecular weight excluding hydrogens is 246 g/mol. The maximum absolute atomic E-state index is 8.84. The highest BCUT2D eigenvalue weighted by Gasteiger charge is 2.19. The minimum absolute atomic E-state index is 0.593. The first-order valence-electron chi connectivity index (χ1n) is 7.68. The second kappa shape index (κ2) is 7.91. The quantitative estimate of drug-likeness (QED) is 0.795. The van der Waals surface area contributed by atoms with Crippen LogP contribution in [0.2, 0.25) is 0 Å². The summed E-state index contributed by atoms with van der Waals surface area (Å²) < 4.78 is 0. The van der Waals surface area contributed by atoms with E-state index in [0.29, 0.717) is 12.5 Å². The number of nitriles is 1. The third-order valence-electron chi connectivity index (χ3n) is 4.27. The zero-order chi connectivity index (χ0) is 14.2. The number of anilines is 1. The van der Waals surface area contributed by atoms with Crippen LogP contribution in [0, 0.1) is 11.3 Å². The fraction of sp³-hybridized carbons (Fsp3) is 0.588. The monoisotopic (exact) mass is 271 g/mol. The molecule has 1 aliphatic rings. The molecule has 1 aromatic rings. The van der Waals surface area contributed by atoms with Gasteiger partial charge in [-0.15, -0.1) is 0 Å². The SMILES string of the molecule is CN1CCCCC1CCN(CCC#N)c1ccccc1. The van der Waals surface area contributed by atoms with Crippen LogP contribution in [0.15, 0.2) is 30.3 Å². The van der Waals surface area contributed by atoms with E-state index in [-0.39, 0.29) is 0 Å². The topological polar surface area (TPSA) is 30.3 Å². The molecule has 0 spiro atoms. The summed E-state index contributed by atoms with van der Waals surface area (Å²) in [5.74, 6) is 0. The van der Waals surface area contributed by atoms with Gasteiger partial charge in [0.15, 0.2) is 0 Å². The third kappa shape index (κ3) is 4.25. The minimum Gasteiger partial charge on any atom is -0.370 e. The van der Waals surface area contributed by atoms with Crippen molar-refractivity contribution in [3.05, 3.63) is 30.3 Å². The van der Waals surface area contributed by atoms with Crippen LogP contribution < -0.4 is 4.90 Å². The molecule has 108 valence electrons. The Labute approximate surface area is 122 Å². The summed E-state index contributed by atoms with van der Waals surface area (Å²) in [7, 11) is 2.24. The molecule has 1 heterocycles. The summed E-state index contributed by atoms with van der Waals surface area (Å²) in [6.07, 6.45) is 5.80. The number of benzene rings is 1. The van der Waals surface area contributed by atoms with Crippen LogP contribution in [0.4, 0.5) is 5.69 Å². The molecule has 1 aliphatic heterocycles. The predicted octanol–water partition coefficient (Wildman–Crippen LogP) is 3.28. The molecule has 0 aliphatic carbocycles. The van der Waals surface area contributed by atoms with Gasteiger partial charge in [-0.3, -0.25) is 0 Å². The van der Waals surface area contributed by atoms with Crippen LogP contribution in [0.5, 0.6) is 0 Å². The minimum atomic E-state index is 0.593. The van der Waals surface area contributed by atoms with Gasteiger partial charge in [-0.25, -0.2) is 0 Å². The molecule has 1 saturated heterocycles. The van der Waals surface area contributed by atoms with Crippen LogP contribution in [0.1, 0.15) is 32.1 Å². The zero-order valence-electron chi connectivity index (χ0n) is 12.5. The van der Waals surface area contributed by atoms with E-state index < -0.39 is 0 Å². The lowest BCUT2D eigenvalue weighted by atomic mass is 10.00. The highest BCUT2D eigenvalue weighted by atomic mass is 15.2. The number of hydrogen-bond acceptors (Lipinski definition) is 3. The average Bonchev–Trinajstić information content (AvgIpc) is 2.50. The Morgan fingerprint density at radius 3 is 2.75 bits per heavy atom. The number of rotatable bonds is 6. The summed E-state index contributed by atoms with van der Waals surface area (Å²) in [6, 6.07) is 13.4. The summed E-state index contributed by atoms with van der Waals surface area (Å²) >= 11 is 0. The van der Waals surface area contributed by atoms with Crippen LogP contribution in [-0.4, -0.2) is 37.6 Å². The van der Waals surface area contributed by atoms with Crippen molar-refractivity contribution in [1.29, 1.82) is 5.26 Å². The van der Waals surface area contributed by atoms with Crippen molar-refractivity contribution in [2.45, 2.75) is 38.1 Å². The van der Waals surface area contributed by atoms with Crippen LogP contribution >= 0.6 is 0 Å². The highest BCUT2D eigenvalue weighted by molar-refractivity contribution is 5.45. The number of piperidine rings is 1. The van der Waals surface area contributed by atoms with Crippen molar-refractivity contribution in [2.24, 2.45) is 0 Å². The fourth-order valence-electron chi connectivity index (χ4n) is 3.01. The second-order valence-electron chi connectivity index (χ2n) is 5.65. The molecule has 0 bridgehead atoms. The van der Waals surface area contributed by atoms with Gasteiger partial charge in [-0.05, 0) is 45.0 Å². The maximum atomic E-state index is 8.84. The first kappa shape index (κ1) is 14.9. The molecule has 0 saturated carbocycles. The Morgan fingerprint density at radius 1 is 1.25 bits per heavy atom. The summed E-state index contributed by atoms with van der Waals surface area (Å²) in [5, 5.41) is 8.84. The Morgan fingerprint density at radius 2 is 2.05 bits per heavy atom. The second-order valence-corrected chi connectivity index (χ2v) is 5.65. The molecule has 0 radical (unpaired) electrons. The van der Waals surface area contributed by atoms with Gasteiger partial charge in [0, 0.05) is 24.8 Å². The van der Waals surface area contributed by atoms with Gasteiger partial charge in [0.25, 0.3) is 0 Å². The van der Waals surface area contributed by atoms with E-state index >= 15 is 0 Å². The van der Waals surface area contributed by atoms with Crippen molar-refractivity contribution < 1.29 is 0 Å². The van der Waals surface area contributed by atoms with E-state index in [4.69, 9.17) is 5.26 Å². The van der Waals surface area contributed by atoms with Crippen LogP contribution in [-0.2, 0) is 0 Å². The molecule has 2 rings (SSSR count). The molecular formula is C17H25N3. The van der Waals surface area contributed by atoms with Crippen molar-refractivity contribution in [3.8, 4) is 6.07 Å². The normalized spacial score (nSPS) is 19.5. The van der Waals surface area contributed by atoms with Crippen molar-refractivity contribution in [1.82, 2.24) is 4.90 Å². The van der Waals surface area contributed by atoms with E-state index in [2.05, 4.69) is 47.2 Å². The standard InChI is InChI=1S/C17H25N3/c1-19-13-6-5-8-16(19)11-15-20(14-7-12-18)17-9-3-2-4-10-17/h2-4,9-10,16H,5-8,11,13-15H2,1H3. The molecule has 0 aromatic heterocycles.